The average Bonchev–Trinajstić information content (AvgIpc) is 2.60. The maximum atomic E-state index is 12.4. The second kappa shape index (κ2) is 7.51. The van der Waals surface area contributed by atoms with E-state index in [4.69, 9.17) is 23.2 Å². The van der Waals surface area contributed by atoms with Gasteiger partial charge in [-0.15, -0.1) is 0 Å². The second-order valence-corrected chi connectivity index (χ2v) is 6.13. The third-order valence-corrected chi connectivity index (χ3v) is 4.02. The molecule has 2 N–H and O–H groups in total. The molecule has 3 rings (SSSR count). The van der Waals surface area contributed by atoms with Crippen LogP contribution in [0.1, 0.15) is 16.1 Å². The number of hydrogen-bond donors (Lipinski definition) is 2. The number of carbonyl (C=O) groups excluding carboxylic acids is 1. The van der Waals surface area contributed by atoms with Gasteiger partial charge in [-0.05, 0) is 42.8 Å². The van der Waals surface area contributed by atoms with Crippen molar-refractivity contribution in [3.63, 3.8) is 0 Å². The molecule has 0 fully saturated rings. The standard InChI is InChI=1S/C18H14Cl2N4O/c1-11-6-7-12(19)10-16(11)24-18-21-9-8-15(23-18)17(25)22-14-5-3-2-4-13(14)20/h2-10H,1H3,(H,22,25)(H,21,23,24). The number of amides is 1. The second-order valence-electron chi connectivity index (χ2n) is 5.28. The summed E-state index contributed by atoms with van der Waals surface area (Å²) in [5, 5.41) is 6.85. The normalized spacial score (nSPS) is 10.4. The van der Waals surface area contributed by atoms with E-state index in [0.717, 1.165) is 11.3 Å². The van der Waals surface area contributed by atoms with Crippen molar-refractivity contribution >= 4 is 46.4 Å². The molecule has 1 heterocycles. The lowest BCUT2D eigenvalue weighted by Crippen LogP contribution is -2.15. The zero-order valence-electron chi connectivity index (χ0n) is 13.3. The van der Waals surface area contributed by atoms with Gasteiger partial charge in [-0.3, -0.25) is 4.79 Å². The Bertz CT molecular complexity index is 930. The van der Waals surface area contributed by atoms with Crippen molar-refractivity contribution in [1.82, 2.24) is 9.97 Å². The number of aromatic nitrogens is 2. The van der Waals surface area contributed by atoms with Gasteiger partial charge >= 0.3 is 0 Å². The Kier molecular flexibility index (Phi) is 5.16. The maximum Gasteiger partial charge on any atom is 0.274 e. The van der Waals surface area contributed by atoms with Crippen LogP contribution in [0.5, 0.6) is 0 Å². The summed E-state index contributed by atoms with van der Waals surface area (Å²) in [6.07, 6.45) is 1.51. The number of halogens is 2. The third kappa shape index (κ3) is 4.26. The molecular weight excluding hydrogens is 359 g/mol. The minimum Gasteiger partial charge on any atom is -0.324 e. The topological polar surface area (TPSA) is 66.9 Å². The number of benzene rings is 2. The molecule has 0 atom stereocenters. The summed E-state index contributed by atoms with van der Waals surface area (Å²) in [7, 11) is 0. The summed E-state index contributed by atoms with van der Waals surface area (Å²) in [4.78, 5) is 20.8. The number of aryl methyl sites for hydroxylation is 1. The Labute approximate surface area is 155 Å². The first-order valence-corrected chi connectivity index (χ1v) is 8.20. The van der Waals surface area contributed by atoms with Crippen molar-refractivity contribution in [3.05, 3.63) is 76.0 Å². The Morgan fingerprint density at radius 1 is 1.04 bits per heavy atom. The highest BCUT2D eigenvalue weighted by molar-refractivity contribution is 6.33. The first-order chi connectivity index (χ1) is 12.0. The monoisotopic (exact) mass is 372 g/mol. The fourth-order valence-corrected chi connectivity index (χ4v) is 2.50. The molecule has 0 saturated heterocycles. The number of rotatable bonds is 4. The lowest BCUT2D eigenvalue weighted by atomic mass is 10.2. The highest BCUT2D eigenvalue weighted by Crippen LogP contribution is 2.23. The molecule has 0 unspecified atom stereocenters. The molecule has 0 aliphatic carbocycles. The number of carbonyl (C=O) groups is 1. The van der Waals surface area contributed by atoms with E-state index in [2.05, 4.69) is 20.6 Å². The van der Waals surface area contributed by atoms with E-state index >= 15 is 0 Å². The van der Waals surface area contributed by atoms with E-state index in [9.17, 15) is 4.79 Å². The van der Waals surface area contributed by atoms with Crippen molar-refractivity contribution in [2.24, 2.45) is 0 Å². The first kappa shape index (κ1) is 17.2. The Morgan fingerprint density at radius 3 is 2.64 bits per heavy atom. The molecule has 2 aromatic carbocycles. The van der Waals surface area contributed by atoms with Gasteiger partial charge < -0.3 is 10.6 Å². The molecule has 7 heteroatoms. The van der Waals surface area contributed by atoms with Gasteiger partial charge in [-0.2, -0.15) is 0 Å². The third-order valence-electron chi connectivity index (χ3n) is 3.46. The average molecular weight is 373 g/mol. The molecule has 25 heavy (non-hydrogen) atoms. The lowest BCUT2D eigenvalue weighted by molar-refractivity contribution is 0.102. The van der Waals surface area contributed by atoms with E-state index in [0.29, 0.717) is 21.7 Å². The molecule has 0 spiro atoms. The van der Waals surface area contributed by atoms with Gasteiger partial charge in [0.15, 0.2) is 0 Å². The quantitative estimate of drug-likeness (QED) is 0.669. The highest BCUT2D eigenvalue weighted by atomic mass is 35.5. The minimum atomic E-state index is -0.374. The van der Waals surface area contributed by atoms with Gasteiger partial charge in [-0.1, -0.05) is 41.4 Å². The Hall–Kier alpha value is -2.63. The van der Waals surface area contributed by atoms with E-state index in [1.54, 1.807) is 36.4 Å². The van der Waals surface area contributed by atoms with E-state index in [-0.39, 0.29) is 11.6 Å². The number of nitrogens with zero attached hydrogens (tertiary/aromatic N) is 2. The van der Waals surface area contributed by atoms with Gasteiger partial charge in [0.25, 0.3) is 5.91 Å². The van der Waals surface area contributed by atoms with Gasteiger partial charge in [0, 0.05) is 16.9 Å². The fraction of sp³-hybridized carbons (Fsp3) is 0.0556. The van der Waals surface area contributed by atoms with Crippen LogP contribution in [0.2, 0.25) is 10.0 Å². The fourth-order valence-electron chi connectivity index (χ4n) is 2.14. The van der Waals surface area contributed by atoms with Gasteiger partial charge in [-0.25, -0.2) is 9.97 Å². The molecular formula is C18H14Cl2N4O. The van der Waals surface area contributed by atoms with Crippen molar-refractivity contribution < 1.29 is 4.79 Å². The minimum absolute atomic E-state index is 0.220. The predicted molar refractivity (Wildman–Crippen MR) is 101 cm³/mol. The first-order valence-electron chi connectivity index (χ1n) is 7.45. The molecule has 3 aromatic rings. The number of para-hydroxylation sites is 1. The van der Waals surface area contributed by atoms with Crippen LogP contribution in [0.4, 0.5) is 17.3 Å². The van der Waals surface area contributed by atoms with E-state index < -0.39 is 0 Å². The van der Waals surface area contributed by atoms with Crippen LogP contribution in [0.25, 0.3) is 0 Å². The Morgan fingerprint density at radius 2 is 1.84 bits per heavy atom. The van der Waals surface area contributed by atoms with Crippen LogP contribution in [0.15, 0.2) is 54.7 Å². The highest BCUT2D eigenvalue weighted by Gasteiger charge is 2.11. The zero-order chi connectivity index (χ0) is 17.8. The van der Waals surface area contributed by atoms with Crippen LogP contribution in [-0.2, 0) is 0 Å². The van der Waals surface area contributed by atoms with Crippen molar-refractivity contribution in [3.8, 4) is 0 Å². The van der Waals surface area contributed by atoms with Gasteiger partial charge in [0.05, 0.1) is 10.7 Å². The van der Waals surface area contributed by atoms with Crippen molar-refractivity contribution in [1.29, 1.82) is 0 Å². The predicted octanol–water partition coefficient (Wildman–Crippen LogP) is 5.09. The summed E-state index contributed by atoms with van der Waals surface area (Å²) in [5.41, 5.74) is 2.50. The molecule has 5 nitrogen and oxygen atoms in total. The summed E-state index contributed by atoms with van der Waals surface area (Å²) < 4.78 is 0. The molecule has 0 bridgehead atoms. The van der Waals surface area contributed by atoms with E-state index in [1.165, 1.54) is 12.3 Å². The molecule has 0 aliphatic rings. The smallest absolute Gasteiger partial charge is 0.274 e. The summed E-state index contributed by atoms with van der Waals surface area (Å²) in [6.45, 7) is 1.94. The van der Waals surface area contributed by atoms with Crippen LogP contribution in [-0.4, -0.2) is 15.9 Å². The van der Waals surface area contributed by atoms with Crippen molar-refractivity contribution in [2.75, 3.05) is 10.6 Å². The molecule has 126 valence electrons. The summed E-state index contributed by atoms with van der Waals surface area (Å²) in [5.74, 6) is -0.0708. The molecule has 0 aliphatic heterocycles. The lowest BCUT2D eigenvalue weighted by Gasteiger charge is -2.10. The number of hydrogen-bond acceptors (Lipinski definition) is 4. The van der Waals surface area contributed by atoms with Crippen molar-refractivity contribution in [2.45, 2.75) is 6.92 Å². The molecule has 0 radical (unpaired) electrons. The molecule has 1 amide bonds. The van der Waals surface area contributed by atoms with Crippen LogP contribution in [0, 0.1) is 6.92 Å². The molecule has 0 saturated carbocycles. The maximum absolute atomic E-state index is 12.4. The largest absolute Gasteiger partial charge is 0.324 e. The van der Waals surface area contributed by atoms with Crippen LogP contribution >= 0.6 is 23.2 Å². The zero-order valence-corrected chi connectivity index (χ0v) is 14.8. The van der Waals surface area contributed by atoms with Gasteiger partial charge in [0.2, 0.25) is 5.95 Å². The molecule has 1 aromatic heterocycles. The summed E-state index contributed by atoms with van der Waals surface area (Å²) in [6, 6.07) is 14.0. The summed E-state index contributed by atoms with van der Waals surface area (Å²) >= 11 is 12.1. The Balaban J connectivity index is 1.80. The van der Waals surface area contributed by atoms with Crippen LogP contribution < -0.4 is 10.6 Å². The van der Waals surface area contributed by atoms with Gasteiger partial charge in [0.1, 0.15) is 5.69 Å². The van der Waals surface area contributed by atoms with E-state index in [1.807, 2.05) is 13.0 Å². The number of nitrogens with one attached hydrogen (secondary N) is 2. The number of anilines is 3. The van der Waals surface area contributed by atoms with Crippen LogP contribution in [0.3, 0.4) is 0 Å². The SMILES string of the molecule is Cc1ccc(Cl)cc1Nc1nccc(C(=O)Nc2ccccc2Cl)n1.